The van der Waals surface area contributed by atoms with Crippen LogP contribution in [0.4, 0.5) is 5.95 Å². The summed E-state index contributed by atoms with van der Waals surface area (Å²) < 4.78 is 10.7. The first-order valence-corrected chi connectivity index (χ1v) is 6.41. The van der Waals surface area contributed by atoms with Crippen LogP contribution in [0, 0.1) is 6.92 Å². The van der Waals surface area contributed by atoms with Gasteiger partial charge in [-0.3, -0.25) is 0 Å². The van der Waals surface area contributed by atoms with Crippen molar-refractivity contribution in [3.05, 3.63) is 51.5 Å². The van der Waals surface area contributed by atoms with Crippen LogP contribution in [0.15, 0.2) is 39.5 Å². The Kier molecular flexibility index (Phi) is 3.23. The number of aryl methyl sites for hydroxylation is 1. The molecule has 0 fully saturated rings. The minimum atomic E-state index is -0.411. The van der Waals surface area contributed by atoms with E-state index < -0.39 is 5.63 Å². The molecule has 106 valence electrons. The number of hydrogen-bond acceptors (Lipinski definition) is 6. The maximum Gasteiger partial charge on any atom is 0.336 e. The van der Waals surface area contributed by atoms with E-state index in [1.807, 2.05) is 6.92 Å². The molecule has 0 aliphatic carbocycles. The molecule has 3 rings (SSSR count). The Morgan fingerprint density at radius 1 is 1.24 bits per heavy atom. The van der Waals surface area contributed by atoms with Crippen molar-refractivity contribution >= 4 is 28.5 Å². The second-order valence-electron chi connectivity index (χ2n) is 4.40. The Morgan fingerprint density at radius 2 is 2.05 bits per heavy atom. The summed E-state index contributed by atoms with van der Waals surface area (Å²) in [6, 6.07) is 8.02. The number of rotatable bonds is 2. The van der Waals surface area contributed by atoms with Gasteiger partial charge in [0.2, 0.25) is 11.8 Å². The number of anilines is 1. The van der Waals surface area contributed by atoms with Crippen LogP contribution in [0.5, 0.6) is 11.6 Å². The zero-order chi connectivity index (χ0) is 15.0. The van der Waals surface area contributed by atoms with Gasteiger partial charge in [0.25, 0.3) is 0 Å². The highest BCUT2D eigenvalue weighted by Gasteiger charge is 2.07. The predicted molar refractivity (Wildman–Crippen MR) is 78.7 cm³/mol. The van der Waals surface area contributed by atoms with Crippen LogP contribution >= 0.6 is 11.6 Å². The zero-order valence-electron chi connectivity index (χ0n) is 11.0. The Bertz CT molecular complexity index is 872. The third kappa shape index (κ3) is 2.80. The summed E-state index contributed by atoms with van der Waals surface area (Å²) in [6.45, 7) is 1.84. The molecule has 0 radical (unpaired) electrons. The molecule has 0 atom stereocenters. The van der Waals surface area contributed by atoms with Crippen molar-refractivity contribution < 1.29 is 9.15 Å². The van der Waals surface area contributed by atoms with Crippen LogP contribution in [0.2, 0.25) is 5.15 Å². The van der Waals surface area contributed by atoms with E-state index in [0.29, 0.717) is 11.3 Å². The summed E-state index contributed by atoms with van der Waals surface area (Å²) in [7, 11) is 0. The van der Waals surface area contributed by atoms with E-state index in [9.17, 15) is 4.79 Å². The van der Waals surface area contributed by atoms with Gasteiger partial charge >= 0.3 is 5.63 Å². The van der Waals surface area contributed by atoms with Crippen molar-refractivity contribution in [3.63, 3.8) is 0 Å². The van der Waals surface area contributed by atoms with Crippen molar-refractivity contribution in [1.29, 1.82) is 0 Å². The van der Waals surface area contributed by atoms with Crippen LogP contribution in [-0.4, -0.2) is 9.97 Å². The zero-order valence-corrected chi connectivity index (χ0v) is 11.7. The van der Waals surface area contributed by atoms with E-state index in [0.717, 1.165) is 10.9 Å². The minimum Gasteiger partial charge on any atom is -0.439 e. The molecule has 2 N–H and O–H groups in total. The van der Waals surface area contributed by atoms with E-state index in [1.54, 1.807) is 18.2 Å². The average Bonchev–Trinajstić information content (AvgIpc) is 2.36. The fraction of sp³-hybridized carbons (Fsp3) is 0.0714. The minimum absolute atomic E-state index is 0.0145. The Labute approximate surface area is 124 Å². The summed E-state index contributed by atoms with van der Waals surface area (Å²) in [4.78, 5) is 19.1. The first kappa shape index (κ1) is 13.4. The number of nitrogen functional groups attached to an aromatic ring is 1. The lowest BCUT2D eigenvalue weighted by atomic mass is 10.1. The van der Waals surface area contributed by atoms with Gasteiger partial charge in [0.1, 0.15) is 16.5 Å². The third-order valence-electron chi connectivity index (χ3n) is 2.83. The fourth-order valence-corrected chi connectivity index (χ4v) is 2.14. The largest absolute Gasteiger partial charge is 0.439 e. The summed E-state index contributed by atoms with van der Waals surface area (Å²) in [6.07, 6.45) is 0. The lowest BCUT2D eigenvalue weighted by Gasteiger charge is -2.07. The van der Waals surface area contributed by atoms with Gasteiger partial charge in [-0.1, -0.05) is 11.6 Å². The van der Waals surface area contributed by atoms with Gasteiger partial charge in [-0.25, -0.2) is 9.78 Å². The monoisotopic (exact) mass is 303 g/mol. The molecule has 0 saturated carbocycles. The highest BCUT2D eigenvalue weighted by molar-refractivity contribution is 6.29. The number of nitrogens with two attached hydrogens (primary N) is 1. The summed E-state index contributed by atoms with van der Waals surface area (Å²) in [5.41, 5.74) is 6.36. The molecule has 3 aromatic rings. The molecule has 0 amide bonds. The molecule has 0 aliphatic rings. The van der Waals surface area contributed by atoms with Crippen LogP contribution < -0.4 is 16.1 Å². The molecule has 2 heterocycles. The van der Waals surface area contributed by atoms with Gasteiger partial charge in [0.05, 0.1) is 0 Å². The first-order chi connectivity index (χ1) is 10.0. The van der Waals surface area contributed by atoms with E-state index in [-0.39, 0.29) is 17.0 Å². The molecule has 21 heavy (non-hydrogen) atoms. The van der Waals surface area contributed by atoms with E-state index in [4.69, 9.17) is 26.5 Å². The second kappa shape index (κ2) is 5.06. The summed E-state index contributed by atoms with van der Waals surface area (Å²) in [5.74, 6) is 0.674. The van der Waals surface area contributed by atoms with Crippen molar-refractivity contribution in [1.82, 2.24) is 9.97 Å². The molecule has 7 heteroatoms. The number of nitrogens with zero attached hydrogens (tertiary/aromatic N) is 2. The number of aromatic nitrogens is 2. The maximum atomic E-state index is 11.4. The number of fused-ring (bicyclic) bond motifs is 1. The molecule has 0 unspecified atom stereocenters. The molecule has 6 nitrogen and oxygen atoms in total. The van der Waals surface area contributed by atoms with E-state index in [2.05, 4.69) is 9.97 Å². The molecule has 0 aliphatic heterocycles. The number of benzene rings is 1. The molecule has 1 aromatic carbocycles. The number of ether oxygens (including phenoxy) is 1. The van der Waals surface area contributed by atoms with Crippen LogP contribution in [-0.2, 0) is 0 Å². The Hall–Kier alpha value is -2.60. The highest BCUT2D eigenvalue weighted by Crippen LogP contribution is 2.26. The van der Waals surface area contributed by atoms with Gasteiger partial charge in [-0.2, -0.15) is 4.98 Å². The Morgan fingerprint density at radius 3 is 2.81 bits per heavy atom. The molecular weight excluding hydrogens is 294 g/mol. The van der Waals surface area contributed by atoms with Crippen molar-refractivity contribution in [2.24, 2.45) is 0 Å². The van der Waals surface area contributed by atoms with Crippen LogP contribution in [0.1, 0.15) is 5.56 Å². The lowest BCUT2D eigenvalue weighted by Crippen LogP contribution is -1.99. The normalized spacial score (nSPS) is 10.8. The highest BCUT2D eigenvalue weighted by atomic mass is 35.5. The SMILES string of the molecule is Cc1cc(=O)oc2cc(Oc3cc(Cl)nc(N)n3)ccc12. The lowest BCUT2D eigenvalue weighted by molar-refractivity contribution is 0.461. The molecule has 0 spiro atoms. The maximum absolute atomic E-state index is 11.4. The van der Waals surface area contributed by atoms with Gasteiger partial charge < -0.3 is 14.9 Å². The molecule has 2 aromatic heterocycles. The summed E-state index contributed by atoms with van der Waals surface area (Å²) in [5, 5.41) is 1.02. The van der Waals surface area contributed by atoms with Gasteiger partial charge in [0, 0.05) is 23.6 Å². The predicted octanol–water partition coefficient (Wildman–Crippen LogP) is 2.92. The van der Waals surface area contributed by atoms with Gasteiger partial charge in [0.15, 0.2) is 0 Å². The molecule has 0 bridgehead atoms. The van der Waals surface area contributed by atoms with Gasteiger partial charge in [-0.15, -0.1) is 0 Å². The van der Waals surface area contributed by atoms with E-state index in [1.165, 1.54) is 12.1 Å². The Balaban J connectivity index is 2.03. The van der Waals surface area contributed by atoms with Crippen LogP contribution in [0.25, 0.3) is 11.0 Å². The summed E-state index contributed by atoms with van der Waals surface area (Å²) >= 11 is 5.78. The van der Waals surface area contributed by atoms with Crippen molar-refractivity contribution in [3.8, 4) is 11.6 Å². The topological polar surface area (TPSA) is 91.2 Å². The van der Waals surface area contributed by atoms with Crippen molar-refractivity contribution in [2.45, 2.75) is 6.92 Å². The molecular formula is C14H10ClN3O3. The quantitative estimate of drug-likeness (QED) is 0.578. The third-order valence-corrected chi connectivity index (χ3v) is 3.03. The number of hydrogen-bond donors (Lipinski definition) is 1. The van der Waals surface area contributed by atoms with E-state index >= 15 is 0 Å². The smallest absolute Gasteiger partial charge is 0.336 e. The molecule has 0 saturated heterocycles. The standard InChI is InChI=1S/C14H10ClN3O3/c1-7-4-13(19)21-10-5-8(2-3-9(7)10)20-12-6-11(15)17-14(16)18-12/h2-6H,1H3,(H2,16,17,18). The first-order valence-electron chi connectivity index (χ1n) is 6.04. The second-order valence-corrected chi connectivity index (χ2v) is 4.78. The van der Waals surface area contributed by atoms with Crippen LogP contribution in [0.3, 0.4) is 0 Å². The fourth-order valence-electron chi connectivity index (χ4n) is 1.96. The number of halogens is 1. The average molecular weight is 304 g/mol. The van der Waals surface area contributed by atoms with Gasteiger partial charge in [-0.05, 0) is 24.6 Å². The van der Waals surface area contributed by atoms with Crippen molar-refractivity contribution in [2.75, 3.05) is 5.73 Å².